The molecular weight excluding hydrogens is 364 g/mol. The molecule has 1 aliphatic carbocycles. The fourth-order valence-electron chi connectivity index (χ4n) is 4.46. The van der Waals surface area contributed by atoms with E-state index in [4.69, 9.17) is 9.84 Å². The third-order valence-corrected chi connectivity index (χ3v) is 5.94. The number of hydrogen-bond acceptors (Lipinski definition) is 5. The molecule has 7 heteroatoms. The van der Waals surface area contributed by atoms with Crippen LogP contribution in [0, 0.1) is 0 Å². The highest BCUT2D eigenvalue weighted by atomic mass is 16.5. The molecule has 0 radical (unpaired) electrons. The summed E-state index contributed by atoms with van der Waals surface area (Å²) in [5, 5.41) is 13.9. The first-order valence-corrected chi connectivity index (χ1v) is 10.4. The van der Waals surface area contributed by atoms with Crippen molar-refractivity contribution in [1.82, 2.24) is 24.8 Å². The Morgan fingerprint density at radius 3 is 2.69 bits per heavy atom. The van der Waals surface area contributed by atoms with E-state index in [2.05, 4.69) is 58.2 Å². The number of nitrogens with one attached hydrogen (secondary N) is 1. The molecule has 0 bridgehead atoms. The van der Waals surface area contributed by atoms with Gasteiger partial charge in [0.25, 0.3) is 0 Å². The highest BCUT2D eigenvalue weighted by molar-refractivity contribution is 5.87. The second-order valence-corrected chi connectivity index (χ2v) is 8.41. The second-order valence-electron chi connectivity index (χ2n) is 8.41. The number of ether oxygens (including phenoxy) is 1. The Hall–Kier alpha value is -2.93. The molecule has 2 aliphatic rings. The summed E-state index contributed by atoms with van der Waals surface area (Å²) >= 11 is 0. The average Bonchev–Trinajstić information content (AvgIpc) is 3.33. The summed E-state index contributed by atoms with van der Waals surface area (Å²) < 4.78 is 7.83. The molecule has 1 aromatic carbocycles. The highest BCUT2D eigenvalue weighted by Crippen LogP contribution is 2.42. The first kappa shape index (κ1) is 17.0. The quantitative estimate of drug-likeness (QED) is 0.579. The van der Waals surface area contributed by atoms with Crippen molar-refractivity contribution in [2.24, 2.45) is 0 Å². The van der Waals surface area contributed by atoms with E-state index in [-0.39, 0.29) is 12.2 Å². The van der Waals surface area contributed by atoms with Crippen LogP contribution in [0.4, 0.5) is 5.82 Å². The number of fused-ring (bicyclic) bond motifs is 2. The van der Waals surface area contributed by atoms with Crippen LogP contribution in [0.1, 0.15) is 38.3 Å². The maximum absolute atomic E-state index is 5.87. The van der Waals surface area contributed by atoms with Crippen LogP contribution in [0.25, 0.3) is 27.8 Å². The van der Waals surface area contributed by atoms with Crippen molar-refractivity contribution < 1.29 is 4.74 Å². The number of rotatable bonds is 3. The van der Waals surface area contributed by atoms with E-state index in [9.17, 15) is 0 Å². The topological polar surface area (TPSA) is 71.3 Å². The minimum Gasteiger partial charge on any atom is -0.372 e. The van der Waals surface area contributed by atoms with E-state index in [1.54, 1.807) is 0 Å². The summed E-state index contributed by atoms with van der Waals surface area (Å²) in [6.07, 6.45) is 4.78. The van der Waals surface area contributed by atoms with Gasteiger partial charge < -0.3 is 9.64 Å². The Morgan fingerprint density at radius 2 is 1.90 bits per heavy atom. The number of aromatic nitrogens is 5. The van der Waals surface area contributed by atoms with Gasteiger partial charge in [0.05, 0.1) is 35.3 Å². The molecule has 4 aromatic rings. The van der Waals surface area contributed by atoms with Crippen LogP contribution in [0.5, 0.6) is 0 Å². The van der Waals surface area contributed by atoms with Gasteiger partial charge in [0.15, 0.2) is 5.65 Å². The predicted molar refractivity (Wildman–Crippen MR) is 112 cm³/mol. The van der Waals surface area contributed by atoms with Crippen LogP contribution in [-0.2, 0) is 4.74 Å². The van der Waals surface area contributed by atoms with Gasteiger partial charge in [0.2, 0.25) is 0 Å². The van der Waals surface area contributed by atoms with Crippen LogP contribution >= 0.6 is 0 Å². The van der Waals surface area contributed by atoms with Crippen molar-refractivity contribution >= 4 is 22.4 Å². The average molecular weight is 388 g/mol. The Labute approximate surface area is 168 Å². The molecule has 4 heterocycles. The zero-order valence-corrected chi connectivity index (χ0v) is 16.7. The molecule has 6 rings (SSSR count). The fourth-order valence-corrected chi connectivity index (χ4v) is 4.46. The van der Waals surface area contributed by atoms with E-state index in [0.29, 0.717) is 5.92 Å². The van der Waals surface area contributed by atoms with Crippen LogP contribution < -0.4 is 4.90 Å². The van der Waals surface area contributed by atoms with Gasteiger partial charge in [-0.15, -0.1) is 5.10 Å². The molecule has 1 saturated heterocycles. The molecule has 0 amide bonds. The number of benzene rings is 1. The van der Waals surface area contributed by atoms with Crippen molar-refractivity contribution in [2.75, 3.05) is 18.0 Å². The van der Waals surface area contributed by atoms with Crippen LogP contribution in [-0.4, -0.2) is 50.1 Å². The molecule has 7 nitrogen and oxygen atoms in total. The normalized spacial score (nSPS) is 22.6. The largest absolute Gasteiger partial charge is 0.372 e. The van der Waals surface area contributed by atoms with E-state index in [1.165, 1.54) is 23.9 Å². The SMILES string of the molecule is C[C@@H]1CN(c2ccc3ncc(-c4ccc5[nH]nc(C6CC6)c5c4)n3n2)C[C@@H](C)O1. The molecule has 148 valence electrons. The third-order valence-electron chi connectivity index (χ3n) is 5.94. The molecule has 0 spiro atoms. The zero-order valence-electron chi connectivity index (χ0n) is 16.7. The molecule has 2 atom stereocenters. The van der Waals surface area contributed by atoms with Crippen molar-refractivity contribution in [2.45, 2.75) is 44.8 Å². The lowest BCUT2D eigenvalue weighted by Gasteiger charge is -2.35. The number of H-pyrrole nitrogens is 1. The van der Waals surface area contributed by atoms with Gasteiger partial charge in [-0.3, -0.25) is 5.10 Å². The lowest BCUT2D eigenvalue weighted by Crippen LogP contribution is -2.46. The van der Waals surface area contributed by atoms with Crippen LogP contribution in [0.3, 0.4) is 0 Å². The maximum atomic E-state index is 5.87. The van der Waals surface area contributed by atoms with Gasteiger partial charge in [-0.2, -0.15) is 5.10 Å². The van der Waals surface area contributed by atoms with Crippen LogP contribution in [0.2, 0.25) is 0 Å². The van der Waals surface area contributed by atoms with E-state index < -0.39 is 0 Å². The lowest BCUT2D eigenvalue weighted by atomic mass is 10.1. The Morgan fingerprint density at radius 1 is 1.07 bits per heavy atom. The fraction of sp³-hybridized carbons (Fsp3) is 0.409. The first-order chi connectivity index (χ1) is 14.2. The Kier molecular flexibility index (Phi) is 3.68. The monoisotopic (exact) mass is 388 g/mol. The van der Waals surface area contributed by atoms with Crippen molar-refractivity contribution in [3.63, 3.8) is 0 Å². The number of morpholine rings is 1. The van der Waals surface area contributed by atoms with E-state index in [1.807, 2.05) is 16.8 Å². The Balaban J connectivity index is 1.43. The summed E-state index contributed by atoms with van der Waals surface area (Å²) in [4.78, 5) is 6.88. The summed E-state index contributed by atoms with van der Waals surface area (Å²) in [6.45, 7) is 5.92. The Bertz CT molecular complexity index is 1200. The molecular formula is C22H24N6O. The number of hydrogen-bond donors (Lipinski definition) is 1. The van der Waals surface area contributed by atoms with E-state index in [0.717, 1.165) is 41.3 Å². The molecule has 3 aromatic heterocycles. The third kappa shape index (κ3) is 2.88. The number of imidazole rings is 1. The predicted octanol–water partition coefficient (Wildman–Crippen LogP) is 3.76. The van der Waals surface area contributed by atoms with Gasteiger partial charge >= 0.3 is 0 Å². The smallest absolute Gasteiger partial charge is 0.154 e. The molecule has 2 fully saturated rings. The summed E-state index contributed by atoms with van der Waals surface area (Å²) in [5.74, 6) is 1.57. The van der Waals surface area contributed by atoms with Gasteiger partial charge in [0, 0.05) is 30.0 Å². The van der Waals surface area contributed by atoms with Crippen LogP contribution in [0.15, 0.2) is 36.5 Å². The van der Waals surface area contributed by atoms with Gasteiger partial charge in [-0.1, -0.05) is 6.07 Å². The van der Waals surface area contributed by atoms with Crippen molar-refractivity contribution in [1.29, 1.82) is 0 Å². The van der Waals surface area contributed by atoms with Gasteiger partial charge in [-0.05, 0) is 51.0 Å². The summed E-state index contributed by atoms with van der Waals surface area (Å²) in [7, 11) is 0. The minimum absolute atomic E-state index is 0.197. The summed E-state index contributed by atoms with van der Waals surface area (Å²) in [6, 6.07) is 10.6. The number of nitrogens with zero attached hydrogens (tertiary/aromatic N) is 5. The van der Waals surface area contributed by atoms with Gasteiger partial charge in [-0.25, -0.2) is 9.50 Å². The first-order valence-electron chi connectivity index (χ1n) is 10.4. The molecule has 0 unspecified atom stereocenters. The molecule has 1 N–H and O–H groups in total. The number of aromatic amines is 1. The standard InChI is InChI=1S/C22H24N6O/c1-13-11-27(12-14(2)29-13)21-8-7-20-23-10-19(28(20)26-21)16-5-6-18-17(9-16)22(25-24-18)15-3-4-15/h5-10,13-15H,3-4,11-12H2,1-2H3,(H,24,25)/t13-,14-/m1/s1. The molecule has 1 saturated carbocycles. The molecule has 29 heavy (non-hydrogen) atoms. The van der Waals surface area contributed by atoms with Gasteiger partial charge in [0.1, 0.15) is 5.82 Å². The lowest BCUT2D eigenvalue weighted by molar-refractivity contribution is -0.00551. The zero-order chi connectivity index (χ0) is 19.5. The summed E-state index contributed by atoms with van der Waals surface area (Å²) in [5.41, 5.74) is 5.26. The van der Waals surface area contributed by atoms with Crippen molar-refractivity contribution in [3.8, 4) is 11.3 Å². The molecule has 1 aliphatic heterocycles. The minimum atomic E-state index is 0.197. The van der Waals surface area contributed by atoms with E-state index >= 15 is 0 Å². The number of anilines is 1. The highest BCUT2D eigenvalue weighted by Gasteiger charge is 2.28. The second kappa shape index (κ2) is 6.29. The maximum Gasteiger partial charge on any atom is 0.154 e. The van der Waals surface area contributed by atoms with Crippen molar-refractivity contribution in [3.05, 3.63) is 42.2 Å².